The fourth-order valence-corrected chi connectivity index (χ4v) is 3.73. The summed E-state index contributed by atoms with van der Waals surface area (Å²) in [5.74, 6) is 0. The second-order valence-corrected chi connectivity index (χ2v) is 6.27. The number of hydrogen-bond acceptors (Lipinski definition) is 2. The lowest BCUT2D eigenvalue weighted by molar-refractivity contribution is -0.138. The molecule has 0 radical (unpaired) electrons. The molecule has 1 nitrogen and oxygen atoms in total. The predicted octanol–water partition coefficient (Wildman–Crippen LogP) is 4.59. The molecular weight excluding hydrogens is 271 g/mol. The van der Waals surface area contributed by atoms with Gasteiger partial charge < -0.3 is 5.73 Å². The van der Waals surface area contributed by atoms with Gasteiger partial charge in [0.25, 0.3) is 0 Å². The van der Waals surface area contributed by atoms with E-state index in [9.17, 15) is 13.2 Å². The first-order chi connectivity index (χ1) is 9.00. The van der Waals surface area contributed by atoms with Crippen molar-refractivity contribution >= 4 is 11.8 Å². The van der Waals surface area contributed by atoms with Gasteiger partial charge in [-0.2, -0.15) is 13.2 Å². The lowest BCUT2D eigenvalue weighted by atomic mass is 10.0. The van der Waals surface area contributed by atoms with E-state index in [0.717, 1.165) is 12.8 Å². The molecule has 0 spiro atoms. The fourth-order valence-electron chi connectivity index (χ4n) is 2.45. The van der Waals surface area contributed by atoms with Gasteiger partial charge in [0.15, 0.2) is 0 Å². The number of halogens is 3. The minimum absolute atomic E-state index is 0.0801. The van der Waals surface area contributed by atoms with Gasteiger partial charge in [-0.05, 0) is 30.5 Å². The van der Waals surface area contributed by atoms with E-state index in [1.54, 1.807) is 17.8 Å². The number of rotatable bonds is 3. The van der Waals surface area contributed by atoms with Crippen LogP contribution >= 0.6 is 11.8 Å². The molecule has 2 N–H and O–H groups in total. The Kier molecular flexibility index (Phi) is 4.79. The van der Waals surface area contributed by atoms with E-state index in [1.807, 2.05) is 0 Å². The van der Waals surface area contributed by atoms with Gasteiger partial charge in [-0.3, -0.25) is 0 Å². The van der Waals surface area contributed by atoms with Gasteiger partial charge in [0.05, 0.1) is 5.56 Å². The van der Waals surface area contributed by atoms with Crippen LogP contribution in [0.2, 0.25) is 0 Å². The number of benzene rings is 1. The van der Waals surface area contributed by atoms with Crippen LogP contribution in [0.5, 0.6) is 0 Å². The average Bonchev–Trinajstić information content (AvgIpc) is 2.39. The molecule has 5 heteroatoms. The van der Waals surface area contributed by atoms with Crippen LogP contribution in [0, 0.1) is 0 Å². The Morgan fingerprint density at radius 3 is 2.42 bits per heavy atom. The standard InChI is InChI=1S/C14H18F3NS/c15-14(16,17)13-8-12(7-6-10(13)9-18)19-11-4-2-1-3-5-11/h6-8,11H,1-5,9,18H2. The van der Waals surface area contributed by atoms with Crippen LogP contribution in [0.1, 0.15) is 43.2 Å². The zero-order valence-electron chi connectivity index (χ0n) is 10.7. The molecule has 0 unspecified atom stereocenters. The van der Waals surface area contributed by atoms with Gasteiger partial charge in [-0.15, -0.1) is 11.8 Å². The van der Waals surface area contributed by atoms with Crippen molar-refractivity contribution in [2.45, 2.75) is 55.0 Å². The molecule has 0 saturated heterocycles. The zero-order valence-corrected chi connectivity index (χ0v) is 11.5. The second-order valence-electron chi connectivity index (χ2n) is 4.90. The maximum atomic E-state index is 12.9. The van der Waals surface area contributed by atoms with E-state index >= 15 is 0 Å². The van der Waals surface area contributed by atoms with Crippen LogP contribution < -0.4 is 5.73 Å². The van der Waals surface area contributed by atoms with E-state index in [1.165, 1.54) is 31.4 Å². The third-order valence-corrected chi connectivity index (χ3v) is 4.79. The van der Waals surface area contributed by atoms with Crippen molar-refractivity contribution in [3.63, 3.8) is 0 Å². The summed E-state index contributed by atoms with van der Waals surface area (Å²) in [6.45, 7) is -0.0801. The smallest absolute Gasteiger partial charge is 0.326 e. The Labute approximate surface area is 115 Å². The quantitative estimate of drug-likeness (QED) is 0.880. The number of nitrogens with two attached hydrogens (primary N) is 1. The summed E-state index contributed by atoms with van der Waals surface area (Å²) in [7, 11) is 0. The molecule has 2 rings (SSSR count). The third kappa shape index (κ3) is 3.89. The molecule has 106 valence electrons. The lowest BCUT2D eigenvalue weighted by Crippen LogP contribution is -2.12. The van der Waals surface area contributed by atoms with Gasteiger partial charge in [0.1, 0.15) is 0 Å². The minimum Gasteiger partial charge on any atom is -0.326 e. The Balaban J connectivity index is 2.17. The van der Waals surface area contributed by atoms with E-state index in [-0.39, 0.29) is 12.1 Å². The molecule has 1 saturated carbocycles. The third-order valence-electron chi connectivity index (χ3n) is 3.46. The largest absolute Gasteiger partial charge is 0.416 e. The normalized spacial score (nSPS) is 17.7. The highest BCUT2D eigenvalue weighted by atomic mass is 32.2. The molecule has 0 aliphatic heterocycles. The topological polar surface area (TPSA) is 26.0 Å². The molecule has 0 heterocycles. The van der Waals surface area contributed by atoms with Gasteiger partial charge in [-0.25, -0.2) is 0 Å². The Hall–Kier alpha value is -0.680. The first kappa shape index (κ1) is 14.7. The highest BCUT2D eigenvalue weighted by Crippen LogP contribution is 2.38. The van der Waals surface area contributed by atoms with E-state index in [2.05, 4.69) is 0 Å². The molecule has 1 aliphatic carbocycles. The number of thioether (sulfide) groups is 1. The molecule has 1 aromatic rings. The molecule has 0 bridgehead atoms. The predicted molar refractivity (Wildman–Crippen MR) is 72.1 cm³/mol. The summed E-state index contributed by atoms with van der Waals surface area (Å²) in [6, 6.07) is 4.52. The Bertz CT molecular complexity index is 425. The van der Waals surface area contributed by atoms with Crippen LogP contribution in [0.15, 0.2) is 23.1 Å². The van der Waals surface area contributed by atoms with Crippen molar-refractivity contribution in [2.75, 3.05) is 0 Å². The molecular formula is C14H18F3NS. The summed E-state index contributed by atoms with van der Waals surface area (Å²) in [5.41, 5.74) is 4.95. The van der Waals surface area contributed by atoms with Crippen LogP contribution in [-0.4, -0.2) is 5.25 Å². The molecule has 0 atom stereocenters. The first-order valence-corrected chi connectivity index (χ1v) is 7.45. The molecule has 1 aromatic carbocycles. The highest BCUT2D eigenvalue weighted by Gasteiger charge is 2.33. The summed E-state index contributed by atoms with van der Waals surface area (Å²) < 4.78 is 38.8. The number of hydrogen-bond donors (Lipinski definition) is 1. The van der Waals surface area contributed by atoms with Crippen molar-refractivity contribution in [3.8, 4) is 0 Å². The lowest BCUT2D eigenvalue weighted by Gasteiger charge is -2.21. The van der Waals surface area contributed by atoms with Gasteiger partial charge in [0.2, 0.25) is 0 Å². The summed E-state index contributed by atoms with van der Waals surface area (Å²) in [6.07, 6.45) is 1.50. The fraction of sp³-hybridized carbons (Fsp3) is 0.571. The van der Waals surface area contributed by atoms with E-state index in [0.29, 0.717) is 10.1 Å². The second kappa shape index (κ2) is 6.18. The summed E-state index contributed by atoms with van der Waals surface area (Å²) in [4.78, 5) is 0.705. The average molecular weight is 289 g/mol. The Morgan fingerprint density at radius 2 is 1.84 bits per heavy atom. The van der Waals surface area contributed by atoms with E-state index < -0.39 is 11.7 Å². The van der Waals surface area contributed by atoms with Crippen LogP contribution in [0.3, 0.4) is 0 Å². The van der Waals surface area contributed by atoms with Crippen LogP contribution in [0.4, 0.5) is 13.2 Å². The van der Waals surface area contributed by atoms with Crippen molar-refractivity contribution in [1.29, 1.82) is 0 Å². The maximum absolute atomic E-state index is 12.9. The minimum atomic E-state index is -4.32. The summed E-state index contributed by atoms with van der Waals surface area (Å²) in [5, 5.41) is 0.457. The van der Waals surface area contributed by atoms with Crippen LogP contribution in [-0.2, 0) is 12.7 Å². The maximum Gasteiger partial charge on any atom is 0.416 e. The van der Waals surface area contributed by atoms with E-state index in [4.69, 9.17) is 5.73 Å². The SMILES string of the molecule is NCc1ccc(SC2CCCCC2)cc1C(F)(F)F. The first-order valence-electron chi connectivity index (χ1n) is 6.57. The van der Waals surface area contributed by atoms with Crippen molar-refractivity contribution < 1.29 is 13.2 Å². The summed E-state index contributed by atoms with van der Waals surface area (Å²) >= 11 is 1.57. The van der Waals surface area contributed by atoms with Crippen molar-refractivity contribution in [1.82, 2.24) is 0 Å². The van der Waals surface area contributed by atoms with Crippen molar-refractivity contribution in [3.05, 3.63) is 29.3 Å². The van der Waals surface area contributed by atoms with Crippen LogP contribution in [0.25, 0.3) is 0 Å². The monoisotopic (exact) mass is 289 g/mol. The van der Waals surface area contributed by atoms with Gasteiger partial charge in [-0.1, -0.05) is 25.3 Å². The molecule has 0 aromatic heterocycles. The van der Waals surface area contributed by atoms with Crippen molar-refractivity contribution in [2.24, 2.45) is 5.73 Å². The molecule has 1 aliphatic rings. The van der Waals surface area contributed by atoms with Gasteiger partial charge >= 0.3 is 6.18 Å². The Morgan fingerprint density at radius 1 is 1.16 bits per heavy atom. The molecule has 0 amide bonds. The molecule has 19 heavy (non-hydrogen) atoms. The number of alkyl halides is 3. The highest BCUT2D eigenvalue weighted by molar-refractivity contribution is 8.00. The molecule has 1 fully saturated rings. The van der Waals surface area contributed by atoms with Gasteiger partial charge in [0, 0.05) is 16.7 Å². The zero-order chi connectivity index (χ0) is 13.9.